The van der Waals surface area contributed by atoms with Crippen molar-refractivity contribution >= 4 is 11.9 Å². The first kappa shape index (κ1) is 16.1. The average molecular weight is 334 g/mol. The molecular formula is C17H14N6O2. The van der Waals surface area contributed by atoms with Crippen molar-refractivity contribution in [3.63, 3.8) is 0 Å². The fourth-order valence-corrected chi connectivity index (χ4v) is 2.01. The van der Waals surface area contributed by atoms with Crippen LogP contribution in [0, 0.1) is 11.3 Å². The van der Waals surface area contributed by atoms with Crippen LogP contribution >= 0.6 is 0 Å². The molecule has 2 heterocycles. The standard InChI is InChI=1S/C17H14N6O2/c1-11(25-13-7-5-12(10-18)6-8-13)16(24)21-17-20-15(22-23-17)14-4-2-3-9-19-14/h2-9,11H,1H3,(H2,20,21,22,23,24)/t11-/m0/s1. The topological polar surface area (TPSA) is 117 Å². The third kappa shape index (κ3) is 3.97. The maximum Gasteiger partial charge on any atom is 0.267 e. The van der Waals surface area contributed by atoms with Crippen LogP contribution in [-0.4, -0.2) is 32.2 Å². The lowest BCUT2D eigenvalue weighted by atomic mass is 10.2. The maximum atomic E-state index is 12.2. The van der Waals surface area contributed by atoms with Gasteiger partial charge in [0.15, 0.2) is 11.9 Å². The zero-order valence-electron chi connectivity index (χ0n) is 13.3. The summed E-state index contributed by atoms with van der Waals surface area (Å²) in [5.74, 6) is 0.694. The van der Waals surface area contributed by atoms with Gasteiger partial charge in [-0.25, -0.2) is 0 Å². The van der Waals surface area contributed by atoms with Gasteiger partial charge in [0, 0.05) is 6.20 Å². The number of rotatable bonds is 5. The van der Waals surface area contributed by atoms with Gasteiger partial charge in [0.2, 0.25) is 5.95 Å². The number of pyridine rings is 1. The highest BCUT2D eigenvalue weighted by molar-refractivity contribution is 5.92. The molecule has 0 bridgehead atoms. The Labute approximate surface area is 143 Å². The van der Waals surface area contributed by atoms with E-state index in [1.54, 1.807) is 49.5 Å². The van der Waals surface area contributed by atoms with Crippen molar-refractivity contribution in [2.75, 3.05) is 5.32 Å². The second-order valence-corrected chi connectivity index (χ2v) is 5.11. The molecule has 2 aromatic heterocycles. The lowest BCUT2D eigenvalue weighted by molar-refractivity contribution is -0.122. The summed E-state index contributed by atoms with van der Waals surface area (Å²) in [4.78, 5) is 20.5. The number of ether oxygens (including phenoxy) is 1. The lowest BCUT2D eigenvalue weighted by Crippen LogP contribution is -2.30. The zero-order chi connectivity index (χ0) is 17.6. The minimum Gasteiger partial charge on any atom is -0.481 e. The number of nitriles is 1. The maximum absolute atomic E-state index is 12.2. The van der Waals surface area contributed by atoms with Crippen LogP contribution in [0.5, 0.6) is 5.75 Å². The zero-order valence-corrected chi connectivity index (χ0v) is 13.3. The second kappa shape index (κ2) is 7.23. The first-order valence-electron chi connectivity index (χ1n) is 7.47. The number of hydrogen-bond acceptors (Lipinski definition) is 6. The number of aromatic amines is 1. The van der Waals surface area contributed by atoms with Gasteiger partial charge in [-0.2, -0.15) is 10.2 Å². The molecule has 8 nitrogen and oxygen atoms in total. The van der Waals surface area contributed by atoms with Crippen LogP contribution in [0.15, 0.2) is 48.7 Å². The molecule has 0 aliphatic carbocycles. The second-order valence-electron chi connectivity index (χ2n) is 5.11. The molecule has 0 unspecified atom stereocenters. The van der Waals surface area contributed by atoms with E-state index >= 15 is 0 Å². The molecule has 0 spiro atoms. The number of nitrogens with one attached hydrogen (secondary N) is 2. The van der Waals surface area contributed by atoms with Crippen molar-refractivity contribution in [1.29, 1.82) is 5.26 Å². The van der Waals surface area contributed by atoms with E-state index < -0.39 is 12.0 Å². The molecule has 25 heavy (non-hydrogen) atoms. The summed E-state index contributed by atoms with van der Waals surface area (Å²) in [5.41, 5.74) is 1.14. The Hall–Kier alpha value is -3.73. The van der Waals surface area contributed by atoms with Crippen LogP contribution < -0.4 is 10.1 Å². The molecule has 1 atom stereocenters. The molecule has 0 saturated carbocycles. The number of carbonyl (C=O) groups excluding carboxylic acids is 1. The number of nitrogens with zero attached hydrogens (tertiary/aromatic N) is 4. The van der Waals surface area contributed by atoms with E-state index in [0.717, 1.165) is 0 Å². The van der Waals surface area contributed by atoms with Gasteiger partial charge in [0.1, 0.15) is 11.4 Å². The molecule has 0 aliphatic heterocycles. The SMILES string of the molecule is C[C@H](Oc1ccc(C#N)cc1)C(=O)Nc1n[nH]c(-c2ccccn2)n1. The third-order valence-electron chi connectivity index (χ3n) is 3.29. The number of hydrogen-bond donors (Lipinski definition) is 2. The molecule has 1 amide bonds. The first-order chi connectivity index (χ1) is 12.2. The van der Waals surface area contributed by atoms with Crippen LogP contribution in [0.25, 0.3) is 11.5 Å². The summed E-state index contributed by atoms with van der Waals surface area (Å²) < 4.78 is 5.54. The minimum atomic E-state index is -0.760. The van der Waals surface area contributed by atoms with Crippen LogP contribution in [-0.2, 0) is 4.79 Å². The van der Waals surface area contributed by atoms with Gasteiger partial charge in [0.05, 0.1) is 11.6 Å². The molecular weight excluding hydrogens is 320 g/mol. The van der Waals surface area contributed by atoms with E-state index in [9.17, 15) is 4.79 Å². The minimum absolute atomic E-state index is 0.140. The molecule has 8 heteroatoms. The highest BCUT2D eigenvalue weighted by Gasteiger charge is 2.17. The van der Waals surface area contributed by atoms with Crippen molar-refractivity contribution in [2.45, 2.75) is 13.0 Å². The summed E-state index contributed by atoms with van der Waals surface area (Å²) in [7, 11) is 0. The van der Waals surface area contributed by atoms with Crippen LogP contribution in [0.3, 0.4) is 0 Å². The summed E-state index contributed by atoms with van der Waals surface area (Å²) >= 11 is 0. The predicted molar refractivity (Wildman–Crippen MR) is 89.5 cm³/mol. The number of anilines is 1. The van der Waals surface area contributed by atoms with Crippen molar-refractivity contribution in [1.82, 2.24) is 20.2 Å². The van der Waals surface area contributed by atoms with Crippen LogP contribution in [0.1, 0.15) is 12.5 Å². The Bertz CT molecular complexity index is 899. The number of aromatic nitrogens is 4. The normalized spacial score (nSPS) is 11.4. The van der Waals surface area contributed by atoms with Gasteiger partial charge < -0.3 is 4.74 Å². The van der Waals surface area contributed by atoms with Gasteiger partial charge >= 0.3 is 0 Å². The van der Waals surface area contributed by atoms with E-state index in [4.69, 9.17) is 10.00 Å². The van der Waals surface area contributed by atoms with Gasteiger partial charge in [-0.05, 0) is 43.3 Å². The van der Waals surface area contributed by atoms with Crippen LogP contribution in [0.2, 0.25) is 0 Å². The van der Waals surface area contributed by atoms with Gasteiger partial charge in [-0.15, -0.1) is 5.10 Å². The molecule has 0 radical (unpaired) electrons. The molecule has 0 fully saturated rings. The molecule has 3 aromatic rings. The largest absolute Gasteiger partial charge is 0.481 e. The number of H-pyrrole nitrogens is 1. The van der Waals surface area contributed by atoms with Crippen molar-refractivity contribution < 1.29 is 9.53 Å². The summed E-state index contributed by atoms with van der Waals surface area (Å²) in [6, 6.07) is 13.9. The Morgan fingerprint density at radius 2 is 2.08 bits per heavy atom. The van der Waals surface area contributed by atoms with Crippen molar-refractivity contribution in [3.8, 4) is 23.3 Å². The first-order valence-corrected chi connectivity index (χ1v) is 7.47. The Balaban J connectivity index is 1.61. The Morgan fingerprint density at radius 1 is 1.28 bits per heavy atom. The van der Waals surface area contributed by atoms with Crippen molar-refractivity contribution in [2.24, 2.45) is 0 Å². The van der Waals surface area contributed by atoms with Gasteiger partial charge in [0.25, 0.3) is 5.91 Å². The lowest BCUT2D eigenvalue weighted by Gasteiger charge is -2.13. The number of amides is 1. The molecule has 0 aliphatic rings. The van der Waals surface area contributed by atoms with E-state index in [2.05, 4.69) is 25.5 Å². The Morgan fingerprint density at radius 3 is 2.76 bits per heavy atom. The van der Waals surface area contributed by atoms with E-state index in [1.807, 2.05) is 12.1 Å². The molecule has 0 saturated heterocycles. The predicted octanol–water partition coefficient (Wildman–Crippen LogP) is 2.14. The third-order valence-corrected chi connectivity index (χ3v) is 3.29. The summed E-state index contributed by atoms with van der Waals surface area (Å²) in [6.07, 6.45) is 0.883. The quantitative estimate of drug-likeness (QED) is 0.738. The van der Waals surface area contributed by atoms with E-state index in [0.29, 0.717) is 22.8 Å². The summed E-state index contributed by atoms with van der Waals surface area (Å²) in [6.45, 7) is 1.61. The molecule has 2 N–H and O–H groups in total. The molecule has 3 rings (SSSR count). The highest BCUT2D eigenvalue weighted by atomic mass is 16.5. The molecule has 124 valence electrons. The Kier molecular flexibility index (Phi) is 4.67. The molecule has 1 aromatic carbocycles. The van der Waals surface area contributed by atoms with Crippen molar-refractivity contribution in [3.05, 3.63) is 54.2 Å². The fourth-order valence-electron chi connectivity index (χ4n) is 2.01. The van der Waals surface area contributed by atoms with Crippen LogP contribution in [0.4, 0.5) is 5.95 Å². The summed E-state index contributed by atoms with van der Waals surface area (Å²) in [5, 5.41) is 18.0. The van der Waals surface area contributed by atoms with E-state index in [1.165, 1.54) is 0 Å². The number of carbonyl (C=O) groups is 1. The fraction of sp³-hybridized carbons (Fsp3) is 0.118. The highest BCUT2D eigenvalue weighted by Crippen LogP contribution is 2.15. The van der Waals surface area contributed by atoms with E-state index in [-0.39, 0.29) is 5.95 Å². The van der Waals surface area contributed by atoms with Gasteiger partial charge in [-0.3, -0.25) is 20.2 Å². The average Bonchev–Trinajstić information content (AvgIpc) is 3.11. The smallest absolute Gasteiger partial charge is 0.267 e. The number of benzene rings is 1. The van der Waals surface area contributed by atoms with Gasteiger partial charge in [-0.1, -0.05) is 6.07 Å². The monoisotopic (exact) mass is 334 g/mol.